The maximum Gasteiger partial charge on any atom is 0.339 e. The van der Waals surface area contributed by atoms with E-state index < -0.39 is 41.9 Å². The Labute approximate surface area is 172 Å². The van der Waals surface area contributed by atoms with E-state index in [4.69, 9.17) is 4.74 Å². The van der Waals surface area contributed by atoms with E-state index >= 15 is 0 Å². The fraction of sp³-hybridized carbons (Fsp3) is 0.450. The summed E-state index contributed by atoms with van der Waals surface area (Å²) in [6.07, 6.45) is 3.74. The Morgan fingerprint density at radius 2 is 1.73 bits per heavy atom. The lowest BCUT2D eigenvalue weighted by Crippen LogP contribution is -2.48. The van der Waals surface area contributed by atoms with Crippen LogP contribution in [-0.2, 0) is 19.1 Å². The molecule has 1 saturated heterocycles. The van der Waals surface area contributed by atoms with E-state index in [2.05, 4.69) is 15.4 Å². The van der Waals surface area contributed by atoms with E-state index in [0.717, 1.165) is 24.2 Å². The van der Waals surface area contributed by atoms with E-state index in [0.29, 0.717) is 12.8 Å². The van der Waals surface area contributed by atoms with Crippen LogP contribution in [0.5, 0.6) is 0 Å². The highest BCUT2D eigenvalue weighted by molar-refractivity contribution is 6.11. The van der Waals surface area contributed by atoms with Crippen molar-refractivity contribution in [1.29, 1.82) is 0 Å². The Balaban J connectivity index is 1.78. The summed E-state index contributed by atoms with van der Waals surface area (Å²) < 4.78 is 9.34. The molecule has 1 spiro atoms. The van der Waals surface area contributed by atoms with Crippen LogP contribution in [0, 0.1) is 0 Å². The van der Waals surface area contributed by atoms with Crippen LogP contribution in [0.4, 0.5) is 10.5 Å². The van der Waals surface area contributed by atoms with Gasteiger partial charge >= 0.3 is 18.0 Å². The second-order valence-electron chi connectivity index (χ2n) is 7.26. The van der Waals surface area contributed by atoms with Crippen molar-refractivity contribution in [2.45, 2.75) is 37.6 Å². The van der Waals surface area contributed by atoms with Crippen LogP contribution in [0.15, 0.2) is 18.2 Å². The average molecular weight is 417 g/mol. The van der Waals surface area contributed by atoms with Crippen LogP contribution in [0.25, 0.3) is 0 Å². The normalized spacial score (nSPS) is 17.5. The predicted molar refractivity (Wildman–Crippen MR) is 104 cm³/mol. The number of hydrogen-bond acceptors (Lipinski definition) is 7. The molecule has 3 rings (SSSR count). The van der Waals surface area contributed by atoms with E-state index in [1.165, 1.54) is 32.4 Å². The molecule has 10 heteroatoms. The molecule has 0 aromatic heterocycles. The highest BCUT2D eigenvalue weighted by atomic mass is 16.5. The summed E-state index contributed by atoms with van der Waals surface area (Å²) in [6, 6.07) is 3.33. The summed E-state index contributed by atoms with van der Waals surface area (Å²) in [5, 5.41) is 5.21. The predicted octanol–water partition coefficient (Wildman–Crippen LogP) is 1.45. The summed E-state index contributed by atoms with van der Waals surface area (Å²) in [4.78, 5) is 62.4. The number of carbonyl (C=O) groups is 5. The molecule has 30 heavy (non-hydrogen) atoms. The Morgan fingerprint density at radius 1 is 1.07 bits per heavy atom. The minimum absolute atomic E-state index is 0.00850. The van der Waals surface area contributed by atoms with Gasteiger partial charge in [-0.25, -0.2) is 14.4 Å². The maximum absolute atomic E-state index is 12.8. The van der Waals surface area contributed by atoms with Gasteiger partial charge in [-0.1, -0.05) is 19.3 Å². The Bertz CT molecular complexity index is 906. The summed E-state index contributed by atoms with van der Waals surface area (Å²) in [5.41, 5.74) is -0.803. The van der Waals surface area contributed by atoms with Gasteiger partial charge in [-0.05, 0) is 31.0 Å². The molecule has 2 fully saturated rings. The van der Waals surface area contributed by atoms with Crippen molar-refractivity contribution in [2.24, 2.45) is 0 Å². The number of benzene rings is 1. The zero-order chi connectivity index (χ0) is 21.9. The molecule has 2 N–H and O–H groups in total. The highest BCUT2D eigenvalue weighted by Crippen LogP contribution is 2.33. The number of amides is 4. The van der Waals surface area contributed by atoms with Crippen LogP contribution in [0.1, 0.15) is 52.8 Å². The van der Waals surface area contributed by atoms with Crippen LogP contribution in [-0.4, -0.2) is 61.0 Å². The number of hydrogen-bond donors (Lipinski definition) is 2. The molecule has 1 aliphatic carbocycles. The summed E-state index contributed by atoms with van der Waals surface area (Å²) in [6.45, 7) is -0.518. The Morgan fingerprint density at radius 3 is 2.37 bits per heavy atom. The molecule has 160 valence electrons. The van der Waals surface area contributed by atoms with Crippen molar-refractivity contribution in [2.75, 3.05) is 26.1 Å². The molecule has 0 unspecified atom stereocenters. The number of urea groups is 1. The third-order valence-electron chi connectivity index (χ3n) is 5.37. The van der Waals surface area contributed by atoms with Crippen LogP contribution >= 0.6 is 0 Å². The fourth-order valence-corrected chi connectivity index (χ4v) is 3.83. The van der Waals surface area contributed by atoms with E-state index in [9.17, 15) is 24.0 Å². The molecule has 1 aromatic carbocycles. The van der Waals surface area contributed by atoms with Crippen LogP contribution in [0.3, 0.4) is 0 Å². The topological polar surface area (TPSA) is 131 Å². The summed E-state index contributed by atoms with van der Waals surface area (Å²) in [7, 11) is 2.38. The quantitative estimate of drug-likeness (QED) is 0.548. The smallest absolute Gasteiger partial charge is 0.339 e. The molecule has 1 saturated carbocycles. The minimum atomic E-state index is -0.933. The first-order valence-electron chi connectivity index (χ1n) is 9.56. The molecule has 0 atom stereocenters. The van der Waals surface area contributed by atoms with Gasteiger partial charge in [0.2, 0.25) is 5.91 Å². The number of rotatable bonds is 5. The van der Waals surface area contributed by atoms with Crippen LogP contribution < -0.4 is 10.6 Å². The molecule has 1 aliphatic heterocycles. The van der Waals surface area contributed by atoms with Crippen molar-refractivity contribution < 1.29 is 33.4 Å². The van der Waals surface area contributed by atoms with Crippen molar-refractivity contribution in [1.82, 2.24) is 10.2 Å². The van der Waals surface area contributed by atoms with E-state index in [1.54, 1.807) is 0 Å². The van der Waals surface area contributed by atoms with Gasteiger partial charge in [-0.15, -0.1) is 0 Å². The second kappa shape index (κ2) is 8.52. The van der Waals surface area contributed by atoms with Gasteiger partial charge in [0, 0.05) is 0 Å². The summed E-state index contributed by atoms with van der Waals surface area (Å²) in [5.74, 6) is -2.49. The number of nitrogens with one attached hydrogen (secondary N) is 2. The van der Waals surface area contributed by atoms with Gasteiger partial charge in [-0.2, -0.15) is 0 Å². The first-order valence-corrected chi connectivity index (χ1v) is 9.56. The molecule has 2 aliphatic rings. The summed E-state index contributed by atoms with van der Waals surface area (Å²) >= 11 is 0. The molecular formula is C20H23N3O7. The highest BCUT2D eigenvalue weighted by Gasteiger charge is 2.51. The second-order valence-corrected chi connectivity index (χ2v) is 7.26. The molecule has 1 heterocycles. The van der Waals surface area contributed by atoms with Crippen molar-refractivity contribution in [3.05, 3.63) is 29.3 Å². The maximum atomic E-state index is 12.8. The lowest BCUT2D eigenvalue weighted by atomic mass is 9.82. The number of anilines is 1. The van der Waals surface area contributed by atoms with Crippen molar-refractivity contribution in [3.63, 3.8) is 0 Å². The SMILES string of the molecule is COC(=O)c1ccc(C(=O)OC)c(NC(=O)CN2C(=O)NC3(CCCCC3)C2=O)c1. The van der Waals surface area contributed by atoms with Gasteiger partial charge in [-0.3, -0.25) is 14.5 Å². The number of carbonyl (C=O) groups excluding carboxylic acids is 5. The molecular weight excluding hydrogens is 394 g/mol. The first-order chi connectivity index (χ1) is 14.3. The number of imide groups is 1. The lowest BCUT2D eigenvalue weighted by Gasteiger charge is -2.30. The Hall–Kier alpha value is -3.43. The van der Waals surface area contributed by atoms with Crippen LogP contribution in [0.2, 0.25) is 0 Å². The van der Waals surface area contributed by atoms with Gasteiger partial charge in [0.25, 0.3) is 5.91 Å². The third kappa shape index (κ3) is 3.98. The molecule has 4 amide bonds. The third-order valence-corrected chi connectivity index (χ3v) is 5.37. The number of nitrogens with zero attached hydrogens (tertiary/aromatic N) is 1. The number of esters is 2. The largest absolute Gasteiger partial charge is 0.465 e. The van der Waals surface area contributed by atoms with Crippen molar-refractivity contribution in [3.8, 4) is 0 Å². The van der Waals surface area contributed by atoms with Gasteiger partial charge in [0.15, 0.2) is 0 Å². The number of ether oxygens (including phenoxy) is 2. The van der Waals surface area contributed by atoms with Crippen molar-refractivity contribution >= 4 is 35.5 Å². The van der Waals surface area contributed by atoms with Gasteiger partial charge in [0.1, 0.15) is 12.1 Å². The zero-order valence-corrected chi connectivity index (χ0v) is 16.8. The molecule has 0 bridgehead atoms. The van der Waals surface area contributed by atoms with E-state index in [1.807, 2.05) is 0 Å². The average Bonchev–Trinajstić information content (AvgIpc) is 2.96. The molecule has 0 radical (unpaired) electrons. The Kier molecular flexibility index (Phi) is 6.04. The van der Waals surface area contributed by atoms with Gasteiger partial charge < -0.3 is 20.1 Å². The minimum Gasteiger partial charge on any atom is -0.465 e. The van der Waals surface area contributed by atoms with E-state index in [-0.39, 0.29) is 16.8 Å². The monoisotopic (exact) mass is 417 g/mol. The lowest BCUT2D eigenvalue weighted by molar-refractivity contribution is -0.134. The fourth-order valence-electron chi connectivity index (χ4n) is 3.83. The number of methoxy groups -OCH3 is 2. The molecule has 1 aromatic rings. The first kappa shape index (κ1) is 21.3. The standard InChI is InChI=1S/C20H23N3O7/c1-29-16(25)12-6-7-13(17(26)30-2)14(10-12)21-15(24)11-23-18(27)20(22-19(23)28)8-4-3-5-9-20/h6-7,10H,3-5,8-9,11H2,1-2H3,(H,21,24)(H,22,28). The van der Waals surface area contributed by atoms with Gasteiger partial charge in [0.05, 0.1) is 31.0 Å². The zero-order valence-electron chi connectivity index (χ0n) is 16.8. The molecule has 10 nitrogen and oxygen atoms in total.